The van der Waals surface area contributed by atoms with E-state index < -0.39 is 0 Å². The largest absolute Gasteiger partial charge is 0.339 e. The first-order valence-electron chi connectivity index (χ1n) is 8.20. The van der Waals surface area contributed by atoms with Gasteiger partial charge in [-0.05, 0) is 54.6 Å². The summed E-state index contributed by atoms with van der Waals surface area (Å²) in [7, 11) is 1.84. The lowest BCUT2D eigenvalue weighted by Gasteiger charge is -2.36. The summed E-state index contributed by atoms with van der Waals surface area (Å²) >= 11 is 3.11. The first-order valence-corrected chi connectivity index (χ1v) is 9.96. The van der Waals surface area contributed by atoms with Crippen LogP contribution in [0.2, 0.25) is 0 Å². The van der Waals surface area contributed by atoms with Crippen molar-refractivity contribution in [1.29, 1.82) is 0 Å². The predicted molar refractivity (Wildman–Crippen MR) is 98.5 cm³/mol. The normalized spacial score (nSPS) is 17.8. The molecule has 6 heteroatoms. The number of nitrogens with zero attached hydrogens (tertiary/aromatic N) is 2. The number of aryl methyl sites for hydroxylation is 1. The van der Waals surface area contributed by atoms with E-state index in [2.05, 4.69) is 18.4 Å². The van der Waals surface area contributed by atoms with E-state index in [9.17, 15) is 9.59 Å². The van der Waals surface area contributed by atoms with Gasteiger partial charge in [0.05, 0.1) is 11.4 Å². The Balaban J connectivity index is 1.73. The second kappa shape index (κ2) is 7.49. The monoisotopic (exact) mass is 362 g/mol. The van der Waals surface area contributed by atoms with E-state index in [0.717, 1.165) is 19.3 Å². The molecule has 1 aliphatic heterocycles. The first kappa shape index (κ1) is 17.2. The lowest BCUT2D eigenvalue weighted by Crippen LogP contribution is -2.52. The summed E-state index contributed by atoms with van der Waals surface area (Å²) < 4.78 is 0. The van der Waals surface area contributed by atoms with Crippen LogP contribution in [0.15, 0.2) is 29.0 Å². The van der Waals surface area contributed by atoms with Crippen LogP contribution in [0, 0.1) is 6.92 Å². The summed E-state index contributed by atoms with van der Waals surface area (Å²) in [6.07, 6.45) is 2.72. The van der Waals surface area contributed by atoms with Crippen LogP contribution in [0.5, 0.6) is 0 Å². The van der Waals surface area contributed by atoms with Gasteiger partial charge in [-0.25, -0.2) is 0 Å². The molecule has 0 radical (unpaired) electrons. The minimum Gasteiger partial charge on any atom is -0.339 e. The van der Waals surface area contributed by atoms with Gasteiger partial charge in [0, 0.05) is 18.5 Å². The number of hydrogen-bond acceptors (Lipinski definition) is 4. The van der Waals surface area contributed by atoms with E-state index in [4.69, 9.17) is 0 Å². The summed E-state index contributed by atoms with van der Waals surface area (Å²) in [5.74, 6) is 0.0381. The quantitative estimate of drug-likeness (QED) is 0.831. The van der Waals surface area contributed by atoms with Gasteiger partial charge in [-0.1, -0.05) is 6.07 Å². The van der Waals surface area contributed by atoms with Crippen molar-refractivity contribution < 1.29 is 9.59 Å². The molecule has 1 aliphatic rings. The van der Waals surface area contributed by atoms with Crippen molar-refractivity contribution in [3.63, 3.8) is 0 Å². The van der Waals surface area contributed by atoms with Crippen molar-refractivity contribution in [1.82, 2.24) is 9.80 Å². The molecule has 2 aromatic rings. The average Bonchev–Trinajstić information content (AvgIpc) is 3.26. The molecule has 3 rings (SSSR count). The minimum absolute atomic E-state index is 0.0104. The minimum atomic E-state index is -0.335. The maximum atomic E-state index is 13.0. The molecule has 3 heterocycles. The Morgan fingerprint density at radius 1 is 1.25 bits per heavy atom. The molecule has 2 amide bonds. The van der Waals surface area contributed by atoms with Crippen LogP contribution in [0.1, 0.15) is 39.4 Å². The molecule has 0 N–H and O–H groups in total. The molecule has 1 saturated heterocycles. The van der Waals surface area contributed by atoms with Gasteiger partial charge in [-0.2, -0.15) is 0 Å². The van der Waals surface area contributed by atoms with Crippen molar-refractivity contribution in [2.75, 3.05) is 13.6 Å². The molecule has 0 spiro atoms. The Hall–Kier alpha value is -1.66. The van der Waals surface area contributed by atoms with Crippen molar-refractivity contribution in [3.05, 3.63) is 44.3 Å². The van der Waals surface area contributed by atoms with Gasteiger partial charge in [-0.15, -0.1) is 22.7 Å². The Bertz CT molecular complexity index is 708. The smallest absolute Gasteiger partial charge is 0.264 e. The molecule has 0 aromatic carbocycles. The predicted octanol–water partition coefficient (Wildman–Crippen LogP) is 3.77. The molecule has 1 atom stereocenters. The number of carbonyl (C=O) groups is 2. The number of amides is 2. The summed E-state index contributed by atoms with van der Waals surface area (Å²) in [6.45, 7) is 3.34. The lowest BCUT2D eigenvalue weighted by atomic mass is 10.0. The van der Waals surface area contributed by atoms with Crippen LogP contribution in [-0.2, 0) is 11.3 Å². The fourth-order valence-electron chi connectivity index (χ4n) is 3.09. The van der Waals surface area contributed by atoms with Crippen molar-refractivity contribution >= 4 is 34.5 Å². The average molecular weight is 363 g/mol. The molecule has 2 aromatic heterocycles. The zero-order valence-corrected chi connectivity index (χ0v) is 15.7. The van der Waals surface area contributed by atoms with Crippen LogP contribution in [-0.4, -0.2) is 41.2 Å². The highest BCUT2D eigenvalue weighted by Gasteiger charge is 2.34. The van der Waals surface area contributed by atoms with E-state index >= 15 is 0 Å². The number of thiophene rings is 2. The Labute approximate surface area is 150 Å². The highest BCUT2D eigenvalue weighted by Crippen LogP contribution is 2.24. The standard InChI is InChI=1S/C18H22N2O2S2/c1-13-8-11-24-16(13)12-19(2)17(21)14-6-3-4-9-20(14)18(22)15-7-5-10-23-15/h5,7-8,10-11,14H,3-4,6,9,12H2,1-2H3. The molecule has 4 nitrogen and oxygen atoms in total. The summed E-state index contributed by atoms with van der Waals surface area (Å²) in [5.41, 5.74) is 1.22. The molecule has 24 heavy (non-hydrogen) atoms. The Morgan fingerprint density at radius 2 is 2.08 bits per heavy atom. The number of rotatable bonds is 4. The van der Waals surface area contributed by atoms with E-state index in [-0.39, 0.29) is 17.9 Å². The van der Waals surface area contributed by atoms with E-state index in [0.29, 0.717) is 18.0 Å². The maximum Gasteiger partial charge on any atom is 0.264 e. The molecular formula is C18H22N2O2S2. The van der Waals surface area contributed by atoms with Crippen molar-refractivity contribution in [2.45, 2.75) is 38.8 Å². The molecule has 0 bridgehead atoms. The molecule has 0 aliphatic carbocycles. The SMILES string of the molecule is Cc1ccsc1CN(C)C(=O)C1CCCCN1C(=O)c1cccs1. The number of hydrogen-bond donors (Lipinski definition) is 0. The number of likely N-dealkylation sites (tertiary alicyclic amines) is 1. The zero-order chi connectivity index (χ0) is 17.1. The van der Waals surface area contributed by atoms with Gasteiger partial charge >= 0.3 is 0 Å². The van der Waals surface area contributed by atoms with Crippen LogP contribution in [0.4, 0.5) is 0 Å². The topological polar surface area (TPSA) is 40.6 Å². The van der Waals surface area contributed by atoms with Gasteiger partial charge in [0.15, 0.2) is 0 Å². The fraction of sp³-hybridized carbons (Fsp3) is 0.444. The van der Waals surface area contributed by atoms with Gasteiger partial charge in [0.1, 0.15) is 6.04 Å². The van der Waals surface area contributed by atoms with E-state index in [1.165, 1.54) is 21.8 Å². The Kier molecular flexibility index (Phi) is 5.36. The van der Waals surface area contributed by atoms with Gasteiger partial charge < -0.3 is 9.80 Å². The van der Waals surface area contributed by atoms with Crippen molar-refractivity contribution in [3.8, 4) is 0 Å². The summed E-state index contributed by atoms with van der Waals surface area (Å²) in [6, 6.07) is 5.45. The highest BCUT2D eigenvalue weighted by atomic mass is 32.1. The summed E-state index contributed by atoms with van der Waals surface area (Å²) in [4.78, 5) is 31.2. The van der Waals surface area contributed by atoms with E-state index in [1.807, 2.05) is 24.6 Å². The molecule has 1 fully saturated rings. The first-order chi connectivity index (χ1) is 11.6. The zero-order valence-electron chi connectivity index (χ0n) is 14.0. The van der Waals surface area contributed by atoms with Gasteiger partial charge in [0.2, 0.25) is 5.91 Å². The van der Waals surface area contributed by atoms with E-state index in [1.54, 1.807) is 21.1 Å². The van der Waals surface area contributed by atoms with Crippen LogP contribution >= 0.6 is 22.7 Å². The second-order valence-electron chi connectivity index (χ2n) is 6.21. The van der Waals surface area contributed by atoms with Gasteiger partial charge in [-0.3, -0.25) is 9.59 Å². The van der Waals surface area contributed by atoms with Crippen LogP contribution < -0.4 is 0 Å². The molecular weight excluding hydrogens is 340 g/mol. The lowest BCUT2D eigenvalue weighted by molar-refractivity contribution is -0.136. The number of piperidine rings is 1. The van der Waals surface area contributed by atoms with Gasteiger partial charge in [0.25, 0.3) is 5.91 Å². The third-order valence-corrected chi connectivity index (χ3v) is 6.37. The third-order valence-electron chi connectivity index (χ3n) is 4.51. The second-order valence-corrected chi connectivity index (χ2v) is 8.16. The molecule has 1 unspecified atom stereocenters. The van der Waals surface area contributed by atoms with Crippen LogP contribution in [0.25, 0.3) is 0 Å². The Morgan fingerprint density at radius 3 is 2.75 bits per heavy atom. The maximum absolute atomic E-state index is 13.0. The number of likely N-dealkylation sites (N-methyl/N-ethyl adjacent to an activating group) is 1. The highest BCUT2D eigenvalue weighted by molar-refractivity contribution is 7.12. The number of carbonyl (C=O) groups excluding carboxylic acids is 2. The molecule has 0 saturated carbocycles. The summed E-state index contributed by atoms with van der Waals surface area (Å²) in [5, 5.41) is 3.95. The van der Waals surface area contributed by atoms with Crippen molar-refractivity contribution in [2.24, 2.45) is 0 Å². The van der Waals surface area contributed by atoms with Crippen LogP contribution in [0.3, 0.4) is 0 Å². The fourth-order valence-corrected chi connectivity index (χ4v) is 4.72. The molecule has 128 valence electrons. The third kappa shape index (κ3) is 3.54.